The molecule has 1 aromatic rings. The average Bonchev–Trinajstić information content (AvgIpc) is 2.62. The summed E-state index contributed by atoms with van der Waals surface area (Å²) in [5.74, 6) is 0.322. The van der Waals surface area contributed by atoms with Gasteiger partial charge in [-0.25, -0.2) is 0 Å². The molecule has 1 aromatic heterocycles. The van der Waals surface area contributed by atoms with Crippen LogP contribution in [0.1, 0.15) is 36.3 Å². The molecule has 3 N–H and O–H groups in total. The van der Waals surface area contributed by atoms with Crippen LogP contribution in [0.25, 0.3) is 0 Å². The highest BCUT2D eigenvalue weighted by Crippen LogP contribution is 2.08. The number of carbonyl (C=O) groups excluding carboxylic acids is 1. The molecule has 0 saturated heterocycles. The number of H-pyrrole nitrogens is 1. The van der Waals surface area contributed by atoms with E-state index in [1.54, 1.807) is 12.3 Å². The van der Waals surface area contributed by atoms with Gasteiger partial charge >= 0.3 is 0 Å². The van der Waals surface area contributed by atoms with Crippen LogP contribution in [-0.4, -0.2) is 28.6 Å². The molecule has 1 atom stereocenters. The summed E-state index contributed by atoms with van der Waals surface area (Å²) in [5, 5.41) is 12.0. The molecular weight excluding hydrogens is 204 g/mol. The van der Waals surface area contributed by atoms with Gasteiger partial charge in [0.05, 0.1) is 18.2 Å². The van der Waals surface area contributed by atoms with E-state index in [1.807, 2.05) is 6.92 Å². The molecular formula is C12H20N2O2. The highest BCUT2D eigenvalue weighted by Gasteiger charge is 2.15. The zero-order valence-electron chi connectivity index (χ0n) is 10.1. The van der Waals surface area contributed by atoms with Crippen molar-refractivity contribution >= 4 is 5.91 Å². The Morgan fingerprint density at radius 2 is 2.25 bits per heavy atom. The van der Waals surface area contributed by atoms with E-state index in [1.165, 1.54) is 0 Å². The van der Waals surface area contributed by atoms with Gasteiger partial charge in [0.1, 0.15) is 0 Å². The maximum Gasteiger partial charge on any atom is 0.253 e. The SMILES string of the molecule is Cc1[nH]ccc1C(=O)N[C@@H](CO)CC(C)C. The third kappa shape index (κ3) is 3.38. The van der Waals surface area contributed by atoms with Gasteiger partial charge < -0.3 is 15.4 Å². The first-order chi connectivity index (χ1) is 7.54. The van der Waals surface area contributed by atoms with Crippen LogP contribution in [0.15, 0.2) is 12.3 Å². The Balaban J connectivity index is 2.59. The van der Waals surface area contributed by atoms with E-state index in [4.69, 9.17) is 5.11 Å². The summed E-state index contributed by atoms with van der Waals surface area (Å²) in [6.45, 7) is 5.96. The molecule has 0 bridgehead atoms. The van der Waals surface area contributed by atoms with Gasteiger partial charge in [0.15, 0.2) is 0 Å². The Hall–Kier alpha value is -1.29. The van der Waals surface area contributed by atoms with Crippen molar-refractivity contribution in [2.75, 3.05) is 6.61 Å². The summed E-state index contributed by atoms with van der Waals surface area (Å²) in [4.78, 5) is 14.8. The van der Waals surface area contributed by atoms with Crippen molar-refractivity contribution in [3.05, 3.63) is 23.5 Å². The second-order valence-corrected chi connectivity index (χ2v) is 4.50. The molecule has 0 aliphatic carbocycles. The summed E-state index contributed by atoms with van der Waals surface area (Å²) >= 11 is 0. The number of nitrogens with one attached hydrogen (secondary N) is 2. The molecule has 0 saturated carbocycles. The van der Waals surface area contributed by atoms with Gasteiger partial charge in [-0.1, -0.05) is 13.8 Å². The van der Waals surface area contributed by atoms with Gasteiger partial charge in [0, 0.05) is 11.9 Å². The fourth-order valence-corrected chi connectivity index (χ4v) is 1.71. The van der Waals surface area contributed by atoms with E-state index >= 15 is 0 Å². The second kappa shape index (κ2) is 5.70. The molecule has 16 heavy (non-hydrogen) atoms. The Labute approximate surface area is 96.1 Å². The number of hydrogen-bond donors (Lipinski definition) is 3. The van der Waals surface area contributed by atoms with Crippen LogP contribution in [-0.2, 0) is 0 Å². The quantitative estimate of drug-likeness (QED) is 0.709. The van der Waals surface area contributed by atoms with E-state index in [0.29, 0.717) is 11.5 Å². The van der Waals surface area contributed by atoms with Gasteiger partial charge in [0.2, 0.25) is 0 Å². The lowest BCUT2D eigenvalue weighted by atomic mass is 10.0. The summed E-state index contributed by atoms with van der Waals surface area (Å²) in [5.41, 5.74) is 1.49. The Morgan fingerprint density at radius 3 is 2.69 bits per heavy atom. The molecule has 1 heterocycles. The normalized spacial score (nSPS) is 12.8. The van der Waals surface area contributed by atoms with E-state index < -0.39 is 0 Å². The summed E-state index contributed by atoms with van der Waals surface area (Å²) in [6.07, 6.45) is 2.52. The number of aromatic amines is 1. The molecule has 4 nitrogen and oxygen atoms in total. The van der Waals surface area contributed by atoms with Gasteiger partial charge in [-0.2, -0.15) is 0 Å². The molecule has 0 aliphatic rings. The van der Waals surface area contributed by atoms with Crippen LogP contribution >= 0.6 is 0 Å². The molecule has 0 aliphatic heterocycles. The van der Waals surface area contributed by atoms with Crippen molar-refractivity contribution in [2.45, 2.75) is 33.2 Å². The first-order valence-corrected chi connectivity index (χ1v) is 5.60. The molecule has 90 valence electrons. The highest BCUT2D eigenvalue weighted by molar-refractivity contribution is 5.95. The second-order valence-electron chi connectivity index (χ2n) is 4.50. The fraction of sp³-hybridized carbons (Fsp3) is 0.583. The number of amides is 1. The molecule has 0 spiro atoms. The van der Waals surface area contributed by atoms with Crippen LogP contribution < -0.4 is 5.32 Å². The van der Waals surface area contributed by atoms with E-state index in [9.17, 15) is 4.79 Å². The molecule has 4 heteroatoms. The number of hydrogen-bond acceptors (Lipinski definition) is 2. The van der Waals surface area contributed by atoms with Crippen molar-refractivity contribution < 1.29 is 9.90 Å². The predicted octanol–water partition coefficient (Wildman–Crippen LogP) is 1.46. The third-order valence-electron chi connectivity index (χ3n) is 2.51. The van der Waals surface area contributed by atoms with E-state index in [2.05, 4.69) is 24.1 Å². The zero-order chi connectivity index (χ0) is 12.1. The van der Waals surface area contributed by atoms with Crippen molar-refractivity contribution in [1.82, 2.24) is 10.3 Å². The van der Waals surface area contributed by atoms with Crippen molar-refractivity contribution in [3.63, 3.8) is 0 Å². The topological polar surface area (TPSA) is 65.1 Å². The minimum absolute atomic E-state index is 0.0204. The first kappa shape index (κ1) is 12.8. The summed E-state index contributed by atoms with van der Waals surface area (Å²) in [6, 6.07) is 1.58. The van der Waals surface area contributed by atoms with Crippen LogP contribution in [0.4, 0.5) is 0 Å². The monoisotopic (exact) mass is 224 g/mol. The van der Waals surface area contributed by atoms with Crippen LogP contribution in [0.3, 0.4) is 0 Å². The van der Waals surface area contributed by atoms with Gasteiger partial charge in [-0.15, -0.1) is 0 Å². The molecule has 0 radical (unpaired) electrons. The zero-order valence-corrected chi connectivity index (χ0v) is 10.1. The molecule has 1 amide bonds. The maximum absolute atomic E-state index is 11.8. The lowest BCUT2D eigenvalue weighted by Crippen LogP contribution is -2.38. The lowest BCUT2D eigenvalue weighted by molar-refractivity contribution is 0.0908. The van der Waals surface area contributed by atoms with Crippen LogP contribution in [0.5, 0.6) is 0 Å². The molecule has 0 unspecified atom stereocenters. The van der Waals surface area contributed by atoms with Gasteiger partial charge in [-0.3, -0.25) is 4.79 Å². The lowest BCUT2D eigenvalue weighted by Gasteiger charge is -2.18. The number of aromatic nitrogens is 1. The predicted molar refractivity (Wildman–Crippen MR) is 63.3 cm³/mol. The first-order valence-electron chi connectivity index (χ1n) is 5.60. The number of aryl methyl sites for hydroxylation is 1. The van der Waals surface area contributed by atoms with E-state index in [-0.39, 0.29) is 18.6 Å². The largest absolute Gasteiger partial charge is 0.394 e. The Bertz CT molecular complexity index is 345. The Morgan fingerprint density at radius 1 is 1.56 bits per heavy atom. The van der Waals surface area contributed by atoms with Crippen molar-refractivity contribution in [3.8, 4) is 0 Å². The van der Waals surface area contributed by atoms with Gasteiger partial charge in [-0.05, 0) is 25.3 Å². The standard InChI is InChI=1S/C12H20N2O2/c1-8(2)6-10(7-15)14-12(16)11-4-5-13-9(11)3/h4-5,8,10,13,15H,6-7H2,1-3H3,(H,14,16)/t10-/m1/s1. The smallest absolute Gasteiger partial charge is 0.253 e. The number of aliphatic hydroxyl groups is 1. The molecule has 0 fully saturated rings. The summed E-state index contributed by atoms with van der Waals surface area (Å²) < 4.78 is 0. The fourth-order valence-electron chi connectivity index (χ4n) is 1.71. The van der Waals surface area contributed by atoms with Crippen molar-refractivity contribution in [1.29, 1.82) is 0 Å². The number of aliphatic hydroxyl groups excluding tert-OH is 1. The molecule has 1 rings (SSSR count). The molecule has 0 aromatic carbocycles. The average molecular weight is 224 g/mol. The van der Waals surface area contributed by atoms with Crippen LogP contribution in [0, 0.1) is 12.8 Å². The van der Waals surface area contributed by atoms with Gasteiger partial charge in [0.25, 0.3) is 5.91 Å². The Kier molecular flexibility index (Phi) is 4.55. The summed E-state index contributed by atoms with van der Waals surface area (Å²) in [7, 11) is 0. The maximum atomic E-state index is 11.8. The number of rotatable bonds is 5. The van der Waals surface area contributed by atoms with E-state index in [0.717, 1.165) is 12.1 Å². The minimum atomic E-state index is -0.165. The highest BCUT2D eigenvalue weighted by atomic mass is 16.3. The van der Waals surface area contributed by atoms with Crippen molar-refractivity contribution in [2.24, 2.45) is 5.92 Å². The third-order valence-corrected chi connectivity index (χ3v) is 2.51. The van der Waals surface area contributed by atoms with Crippen LogP contribution in [0.2, 0.25) is 0 Å². The number of carbonyl (C=O) groups is 1. The minimum Gasteiger partial charge on any atom is -0.394 e.